The van der Waals surface area contributed by atoms with Crippen LogP contribution in [0.4, 0.5) is 0 Å². The fourth-order valence-corrected chi connectivity index (χ4v) is 2.36. The zero-order valence-corrected chi connectivity index (χ0v) is 12.6. The number of carbonyl (C=O) groups is 1. The molecule has 0 saturated carbocycles. The second kappa shape index (κ2) is 6.36. The molecule has 0 bridgehead atoms. The molecule has 0 aliphatic heterocycles. The van der Waals surface area contributed by atoms with Gasteiger partial charge in [0.1, 0.15) is 5.56 Å². The van der Waals surface area contributed by atoms with Crippen LogP contribution in [0.2, 0.25) is 0 Å². The van der Waals surface area contributed by atoms with Gasteiger partial charge in [-0.1, -0.05) is 48.5 Å². The van der Waals surface area contributed by atoms with E-state index in [1.165, 1.54) is 4.74 Å². The third kappa shape index (κ3) is 2.81. The van der Waals surface area contributed by atoms with Gasteiger partial charge in [-0.3, -0.25) is 0 Å². The molecule has 1 aromatic heterocycles. The molecular formula is C18H15NO4. The molecule has 0 aliphatic rings. The fraction of sp³-hybridized carbons (Fsp3) is 0.111. The normalized spacial score (nSPS) is 10.5. The number of benzene rings is 2. The summed E-state index contributed by atoms with van der Waals surface area (Å²) in [6.45, 7) is 1.92. The summed E-state index contributed by atoms with van der Waals surface area (Å²) in [5.41, 5.74) is 0.902. The van der Waals surface area contributed by atoms with Gasteiger partial charge >= 0.3 is 11.6 Å². The summed E-state index contributed by atoms with van der Waals surface area (Å²) >= 11 is 0. The molecule has 23 heavy (non-hydrogen) atoms. The van der Waals surface area contributed by atoms with Crippen LogP contribution in [-0.2, 0) is 4.74 Å². The summed E-state index contributed by atoms with van der Waals surface area (Å²) in [6.07, 6.45) is 0. The lowest BCUT2D eigenvalue weighted by atomic mass is 10.1. The summed E-state index contributed by atoms with van der Waals surface area (Å²) < 4.78 is 11.6. The van der Waals surface area contributed by atoms with Crippen molar-refractivity contribution < 1.29 is 14.1 Å². The summed E-state index contributed by atoms with van der Waals surface area (Å²) in [5, 5.41) is 0. The number of hydrogen-bond acceptors (Lipinski definition) is 4. The first-order valence-electron chi connectivity index (χ1n) is 7.26. The molecule has 0 atom stereocenters. The maximum atomic E-state index is 12.4. The van der Waals surface area contributed by atoms with Crippen LogP contribution in [0.3, 0.4) is 0 Å². The zero-order valence-electron chi connectivity index (χ0n) is 12.6. The van der Waals surface area contributed by atoms with E-state index in [1.54, 1.807) is 55.5 Å². The number of para-hydroxylation sites is 1. The van der Waals surface area contributed by atoms with Crippen molar-refractivity contribution in [3.05, 3.63) is 76.8 Å². The summed E-state index contributed by atoms with van der Waals surface area (Å²) in [6, 6.07) is 17.9. The Morgan fingerprint density at radius 1 is 1.04 bits per heavy atom. The number of ether oxygens (including phenoxy) is 1. The first kappa shape index (κ1) is 14.8. The van der Waals surface area contributed by atoms with E-state index in [9.17, 15) is 9.59 Å². The lowest BCUT2D eigenvalue weighted by Gasteiger charge is -2.07. The van der Waals surface area contributed by atoms with Crippen molar-refractivity contribution in [2.45, 2.75) is 6.92 Å². The highest BCUT2D eigenvalue weighted by molar-refractivity contribution is 5.95. The van der Waals surface area contributed by atoms with E-state index in [0.29, 0.717) is 11.3 Å². The van der Waals surface area contributed by atoms with Crippen molar-refractivity contribution in [2.75, 3.05) is 6.61 Å². The smallest absolute Gasteiger partial charge is 0.366 e. The van der Waals surface area contributed by atoms with Crippen molar-refractivity contribution >= 4 is 5.97 Å². The first-order valence-corrected chi connectivity index (χ1v) is 7.26. The minimum Gasteiger partial charge on any atom is -0.461 e. The van der Waals surface area contributed by atoms with Crippen LogP contribution in [0.1, 0.15) is 17.4 Å². The molecule has 3 rings (SSSR count). The Bertz CT molecular complexity index is 863. The third-order valence-electron chi connectivity index (χ3n) is 3.34. The Morgan fingerprint density at radius 2 is 1.65 bits per heavy atom. The topological polar surface area (TPSA) is 61.4 Å². The quantitative estimate of drug-likeness (QED) is 0.694. The Labute approximate surface area is 132 Å². The Hall–Kier alpha value is -3.08. The van der Waals surface area contributed by atoms with Crippen molar-refractivity contribution in [2.24, 2.45) is 0 Å². The highest BCUT2D eigenvalue weighted by Crippen LogP contribution is 2.24. The average molecular weight is 309 g/mol. The predicted molar refractivity (Wildman–Crippen MR) is 85.7 cm³/mol. The molecule has 0 amide bonds. The maximum Gasteiger partial charge on any atom is 0.366 e. The van der Waals surface area contributed by atoms with Gasteiger partial charge in [0.15, 0.2) is 5.69 Å². The molecule has 0 spiro atoms. The minimum atomic E-state index is -0.596. The highest BCUT2D eigenvalue weighted by Gasteiger charge is 2.26. The summed E-state index contributed by atoms with van der Waals surface area (Å²) in [4.78, 5) is 24.8. The van der Waals surface area contributed by atoms with Gasteiger partial charge < -0.3 is 9.26 Å². The second-order valence-electron chi connectivity index (χ2n) is 4.82. The van der Waals surface area contributed by atoms with E-state index in [2.05, 4.69) is 0 Å². The Morgan fingerprint density at radius 3 is 2.26 bits per heavy atom. The zero-order chi connectivity index (χ0) is 16.2. The van der Waals surface area contributed by atoms with Crippen molar-refractivity contribution in [1.82, 2.24) is 4.74 Å². The van der Waals surface area contributed by atoms with Crippen LogP contribution >= 0.6 is 0 Å². The van der Waals surface area contributed by atoms with Crippen LogP contribution in [-0.4, -0.2) is 17.3 Å². The second-order valence-corrected chi connectivity index (χ2v) is 4.82. The van der Waals surface area contributed by atoms with Gasteiger partial charge in [0.2, 0.25) is 0 Å². The van der Waals surface area contributed by atoms with E-state index in [4.69, 9.17) is 9.26 Å². The number of aromatic nitrogens is 1. The minimum absolute atomic E-state index is 0.0919. The maximum absolute atomic E-state index is 12.4. The third-order valence-corrected chi connectivity index (χ3v) is 3.34. The molecular weight excluding hydrogens is 294 g/mol. The Kier molecular flexibility index (Phi) is 4.10. The van der Waals surface area contributed by atoms with Crippen molar-refractivity contribution in [3.63, 3.8) is 0 Å². The van der Waals surface area contributed by atoms with E-state index in [0.717, 1.165) is 0 Å². The van der Waals surface area contributed by atoms with Crippen LogP contribution in [0.5, 0.6) is 0 Å². The SMILES string of the molecule is CCOC(=O)c1c(-c2ccccc2)c(=O)on1-c1ccccc1. The molecule has 0 unspecified atom stereocenters. The van der Waals surface area contributed by atoms with Crippen LogP contribution in [0, 0.1) is 0 Å². The lowest BCUT2D eigenvalue weighted by molar-refractivity contribution is 0.0508. The van der Waals surface area contributed by atoms with Gasteiger partial charge in [-0.2, -0.15) is 4.74 Å². The average Bonchev–Trinajstić information content (AvgIpc) is 2.94. The number of nitrogens with zero attached hydrogens (tertiary/aromatic N) is 1. The van der Waals surface area contributed by atoms with Gasteiger partial charge in [0, 0.05) is 0 Å². The van der Waals surface area contributed by atoms with Gasteiger partial charge in [-0.25, -0.2) is 9.59 Å². The van der Waals surface area contributed by atoms with E-state index >= 15 is 0 Å². The van der Waals surface area contributed by atoms with Crippen LogP contribution in [0.25, 0.3) is 16.8 Å². The molecule has 1 heterocycles. The van der Waals surface area contributed by atoms with E-state index in [-0.39, 0.29) is 17.9 Å². The molecule has 5 nitrogen and oxygen atoms in total. The standard InChI is InChI=1S/C18H15NO4/c1-2-22-18(21)16-15(13-9-5-3-6-10-13)17(20)23-19(16)14-11-7-4-8-12-14/h3-12H,2H2,1H3. The van der Waals surface area contributed by atoms with Crippen LogP contribution < -0.4 is 5.63 Å². The molecule has 0 N–H and O–H groups in total. The fourth-order valence-electron chi connectivity index (χ4n) is 2.36. The molecule has 0 saturated heterocycles. The first-order chi connectivity index (χ1) is 11.2. The number of carbonyl (C=O) groups excluding carboxylic acids is 1. The number of esters is 1. The molecule has 0 fully saturated rings. The predicted octanol–water partition coefficient (Wildman–Crippen LogP) is 3.27. The van der Waals surface area contributed by atoms with Crippen molar-refractivity contribution in [3.8, 4) is 16.8 Å². The number of rotatable bonds is 4. The highest BCUT2D eigenvalue weighted by atomic mass is 16.5. The van der Waals surface area contributed by atoms with Gasteiger partial charge in [-0.15, -0.1) is 0 Å². The van der Waals surface area contributed by atoms with E-state index in [1.807, 2.05) is 12.1 Å². The molecule has 3 aromatic rings. The number of hydrogen-bond donors (Lipinski definition) is 0. The van der Waals surface area contributed by atoms with Gasteiger partial charge in [0.25, 0.3) is 0 Å². The molecule has 0 radical (unpaired) electrons. The Balaban J connectivity index is 2.26. The summed E-state index contributed by atoms with van der Waals surface area (Å²) in [7, 11) is 0. The molecule has 116 valence electrons. The molecule has 5 heteroatoms. The van der Waals surface area contributed by atoms with Gasteiger partial charge in [0.05, 0.1) is 12.3 Å². The van der Waals surface area contributed by atoms with Crippen molar-refractivity contribution in [1.29, 1.82) is 0 Å². The monoisotopic (exact) mass is 309 g/mol. The van der Waals surface area contributed by atoms with Gasteiger partial charge in [-0.05, 0) is 24.6 Å². The summed E-state index contributed by atoms with van der Waals surface area (Å²) in [5.74, 6) is -0.596. The van der Waals surface area contributed by atoms with E-state index < -0.39 is 11.6 Å². The lowest BCUT2D eigenvalue weighted by Crippen LogP contribution is -2.12. The molecule has 0 aliphatic carbocycles. The molecule has 2 aromatic carbocycles. The van der Waals surface area contributed by atoms with Crippen LogP contribution in [0.15, 0.2) is 70.0 Å². The largest absolute Gasteiger partial charge is 0.461 e.